The molecule has 0 radical (unpaired) electrons. The van der Waals surface area contributed by atoms with Crippen LogP contribution in [-0.4, -0.2) is 22.0 Å². The van der Waals surface area contributed by atoms with Crippen LogP contribution in [0.4, 0.5) is 0 Å². The highest BCUT2D eigenvalue weighted by molar-refractivity contribution is 9.10. The van der Waals surface area contributed by atoms with Crippen molar-refractivity contribution in [1.29, 1.82) is 0 Å². The summed E-state index contributed by atoms with van der Waals surface area (Å²) in [6.45, 7) is 3.22. The molecular formula is C17H26BrNOS. The molecule has 0 amide bonds. The minimum absolute atomic E-state index is 0.248. The van der Waals surface area contributed by atoms with Crippen LogP contribution in [0, 0.1) is 0 Å². The Bertz CT molecular complexity index is 447. The van der Waals surface area contributed by atoms with Gasteiger partial charge in [0.25, 0.3) is 0 Å². The third-order valence-corrected chi connectivity index (χ3v) is 6.56. The van der Waals surface area contributed by atoms with Crippen molar-refractivity contribution in [1.82, 2.24) is 5.32 Å². The zero-order valence-electron chi connectivity index (χ0n) is 12.8. The molecule has 3 unspecified atom stereocenters. The fourth-order valence-corrected chi connectivity index (χ4v) is 4.94. The molecular weight excluding hydrogens is 346 g/mol. The highest BCUT2D eigenvalue weighted by Crippen LogP contribution is 2.26. The lowest BCUT2D eigenvalue weighted by Crippen LogP contribution is -2.43. The van der Waals surface area contributed by atoms with Crippen molar-refractivity contribution in [2.75, 3.05) is 6.54 Å². The molecule has 1 aliphatic carbocycles. The summed E-state index contributed by atoms with van der Waals surface area (Å²) >= 11 is 3.45. The molecule has 2 rings (SSSR count). The van der Waals surface area contributed by atoms with Crippen LogP contribution in [-0.2, 0) is 10.8 Å². The summed E-state index contributed by atoms with van der Waals surface area (Å²) in [4.78, 5) is 0.965. The monoisotopic (exact) mass is 371 g/mol. The topological polar surface area (TPSA) is 29.1 Å². The zero-order valence-corrected chi connectivity index (χ0v) is 15.2. The van der Waals surface area contributed by atoms with E-state index in [-0.39, 0.29) is 5.25 Å². The van der Waals surface area contributed by atoms with E-state index in [9.17, 15) is 4.21 Å². The molecule has 21 heavy (non-hydrogen) atoms. The average Bonchev–Trinajstić information content (AvgIpc) is 2.47. The van der Waals surface area contributed by atoms with Gasteiger partial charge < -0.3 is 5.32 Å². The van der Waals surface area contributed by atoms with Gasteiger partial charge in [-0.1, -0.05) is 48.5 Å². The van der Waals surface area contributed by atoms with Crippen LogP contribution < -0.4 is 5.32 Å². The molecule has 0 aromatic heterocycles. The molecule has 0 saturated heterocycles. The molecule has 3 atom stereocenters. The van der Waals surface area contributed by atoms with Crippen molar-refractivity contribution in [3.8, 4) is 0 Å². The van der Waals surface area contributed by atoms with Crippen molar-refractivity contribution in [3.63, 3.8) is 0 Å². The first-order chi connectivity index (χ1) is 10.2. The largest absolute Gasteiger partial charge is 0.313 e. The first-order valence-corrected chi connectivity index (χ1v) is 10.1. The predicted octanol–water partition coefficient (Wildman–Crippen LogP) is 4.65. The van der Waals surface area contributed by atoms with Crippen LogP contribution in [0.2, 0.25) is 0 Å². The number of rotatable bonds is 5. The Morgan fingerprint density at radius 3 is 2.48 bits per heavy atom. The molecule has 0 spiro atoms. The minimum atomic E-state index is -0.914. The maximum Gasteiger partial charge on any atom is 0.0576 e. The van der Waals surface area contributed by atoms with E-state index in [0.717, 1.165) is 35.2 Å². The fraction of sp³-hybridized carbons (Fsp3) is 0.647. The number of hydrogen-bond donors (Lipinski definition) is 1. The Balaban J connectivity index is 2.13. The second-order valence-electron chi connectivity index (χ2n) is 5.84. The summed E-state index contributed by atoms with van der Waals surface area (Å²) in [7, 11) is -0.914. The second kappa shape index (κ2) is 9.06. The molecule has 1 saturated carbocycles. The molecule has 1 aromatic carbocycles. The summed E-state index contributed by atoms with van der Waals surface area (Å²) in [6, 6.07) is 8.37. The van der Waals surface area contributed by atoms with Crippen LogP contribution in [0.25, 0.3) is 0 Å². The van der Waals surface area contributed by atoms with Crippen molar-refractivity contribution >= 4 is 26.7 Å². The molecule has 4 heteroatoms. The van der Waals surface area contributed by atoms with Gasteiger partial charge in [-0.25, -0.2) is 0 Å². The van der Waals surface area contributed by atoms with Crippen LogP contribution in [0.15, 0.2) is 33.6 Å². The molecule has 1 aromatic rings. The van der Waals surface area contributed by atoms with Crippen molar-refractivity contribution in [2.45, 2.75) is 68.1 Å². The Kier molecular flexibility index (Phi) is 7.41. The van der Waals surface area contributed by atoms with Crippen molar-refractivity contribution in [2.24, 2.45) is 0 Å². The molecule has 1 fully saturated rings. The minimum Gasteiger partial charge on any atom is -0.313 e. The Labute approximate surface area is 139 Å². The standard InChI is InChI=1S/C17H26BrNOS/c1-2-13-19-16-7-5-3-4-6-8-17(16)21(20)15-11-9-14(18)10-12-15/h9-12,16-17,19H,2-8,13H2,1H3. The molecule has 0 bridgehead atoms. The summed E-state index contributed by atoms with van der Waals surface area (Å²) in [6.07, 6.45) is 8.44. The zero-order chi connectivity index (χ0) is 15.1. The summed E-state index contributed by atoms with van der Waals surface area (Å²) < 4.78 is 14.0. The van der Waals surface area contributed by atoms with Crippen LogP contribution in [0.3, 0.4) is 0 Å². The van der Waals surface area contributed by atoms with Gasteiger partial charge in [-0.15, -0.1) is 0 Å². The van der Waals surface area contributed by atoms with Crippen LogP contribution in [0.5, 0.6) is 0 Å². The smallest absolute Gasteiger partial charge is 0.0576 e. The van der Waals surface area contributed by atoms with Crippen molar-refractivity contribution < 1.29 is 4.21 Å². The molecule has 2 nitrogen and oxygen atoms in total. The van der Waals surface area contributed by atoms with E-state index in [1.54, 1.807) is 0 Å². The van der Waals surface area contributed by atoms with E-state index in [4.69, 9.17) is 0 Å². The SMILES string of the molecule is CCCNC1CCCCCCC1S(=O)c1ccc(Br)cc1. The first-order valence-electron chi connectivity index (χ1n) is 8.12. The van der Waals surface area contributed by atoms with Gasteiger partial charge >= 0.3 is 0 Å². The number of nitrogens with one attached hydrogen (secondary N) is 1. The molecule has 118 valence electrons. The van der Waals surface area contributed by atoms with E-state index in [2.05, 4.69) is 28.2 Å². The Morgan fingerprint density at radius 2 is 1.81 bits per heavy atom. The Morgan fingerprint density at radius 1 is 1.14 bits per heavy atom. The lowest BCUT2D eigenvalue weighted by Gasteiger charge is -2.29. The summed E-state index contributed by atoms with van der Waals surface area (Å²) in [5.74, 6) is 0. The van der Waals surface area contributed by atoms with Gasteiger partial charge in [-0.05, 0) is 50.1 Å². The average molecular weight is 372 g/mol. The maximum absolute atomic E-state index is 13.0. The van der Waals surface area contributed by atoms with E-state index >= 15 is 0 Å². The van der Waals surface area contributed by atoms with Crippen LogP contribution >= 0.6 is 15.9 Å². The third-order valence-electron chi connectivity index (χ3n) is 4.18. The van der Waals surface area contributed by atoms with Gasteiger partial charge in [-0.2, -0.15) is 0 Å². The number of halogens is 1. The first kappa shape index (κ1) is 17.2. The van der Waals surface area contributed by atoms with E-state index in [0.29, 0.717) is 6.04 Å². The lowest BCUT2D eigenvalue weighted by molar-refractivity contribution is 0.395. The van der Waals surface area contributed by atoms with Crippen LogP contribution in [0.1, 0.15) is 51.9 Å². The maximum atomic E-state index is 13.0. The van der Waals surface area contributed by atoms with Gasteiger partial charge in [0.1, 0.15) is 0 Å². The lowest BCUT2D eigenvalue weighted by atomic mass is 9.96. The van der Waals surface area contributed by atoms with E-state index in [1.165, 1.54) is 25.7 Å². The summed E-state index contributed by atoms with van der Waals surface area (Å²) in [5, 5.41) is 3.90. The second-order valence-corrected chi connectivity index (χ2v) is 8.43. The molecule has 1 aliphatic rings. The van der Waals surface area contributed by atoms with Gasteiger partial charge in [-0.3, -0.25) is 4.21 Å². The van der Waals surface area contributed by atoms with E-state index in [1.807, 2.05) is 24.3 Å². The fourth-order valence-electron chi connectivity index (χ4n) is 3.01. The van der Waals surface area contributed by atoms with Gasteiger partial charge in [0.2, 0.25) is 0 Å². The van der Waals surface area contributed by atoms with Gasteiger partial charge in [0.05, 0.1) is 16.0 Å². The van der Waals surface area contributed by atoms with E-state index < -0.39 is 10.8 Å². The van der Waals surface area contributed by atoms with Gasteiger partial charge in [0, 0.05) is 15.4 Å². The normalized spacial score (nSPS) is 25.0. The summed E-state index contributed by atoms with van der Waals surface area (Å²) in [5.41, 5.74) is 0. The molecule has 0 heterocycles. The Hall–Kier alpha value is -0.190. The highest BCUT2D eigenvalue weighted by atomic mass is 79.9. The molecule has 0 aliphatic heterocycles. The number of benzene rings is 1. The van der Waals surface area contributed by atoms with Gasteiger partial charge in [0.15, 0.2) is 0 Å². The third kappa shape index (κ3) is 5.19. The predicted molar refractivity (Wildman–Crippen MR) is 94.1 cm³/mol. The highest BCUT2D eigenvalue weighted by Gasteiger charge is 2.28. The quantitative estimate of drug-likeness (QED) is 0.815. The van der Waals surface area contributed by atoms with Crippen molar-refractivity contribution in [3.05, 3.63) is 28.7 Å². The molecule has 1 N–H and O–H groups in total. The number of hydrogen-bond acceptors (Lipinski definition) is 2.